The summed E-state index contributed by atoms with van der Waals surface area (Å²) < 4.78 is 0. The highest BCUT2D eigenvalue weighted by Gasteiger charge is 2.26. The van der Waals surface area contributed by atoms with Gasteiger partial charge in [0.2, 0.25) is 5.91 Å². The molecule has 2 heterocycles. The van der Waals surface area contributed by atoms with Crippen LogP contribution in [0.3, 0.4) is 0 Å². The van der Waals surface area contributed by atoms with Crippen LogP contribution in [0.4, 0.5) is 5.82 Å². The Labute approximate surface area is 127 Å². The second-order valence-corrected chi connectivity index (χ2v) is 5.95. The van der Waals surface area contributed by atoms with Gasteiger partial charge in [0.25, 0.3) is 0 Å². The maximum atomic E-state index is 12.4. The molecule has 1 aromatic carbocycles. The van der Waals surface area contributed by atoms with E-state index >= 15 is 0 Å². The van der Waals surface area contributed by atoms with E-state index in [4.69, 9.17) is 5.26 Å². The molecule has 1 unspecified atom stereocenters. The number of aryl methyl sites for hydroxylation is 1. The van der Waals surface area contributed by atoms with Crippen molar-refractivity contribution in [2.45, 2.75) is 11.7 Å². The normalized spacial score (nSPS) is 16.6. The van der Waals surface area contributed by atoms with E-state index in [0.29, 0.717) is 11.4 Å². The highest BCUT2D eigenvalue weighted by Crippen LogP contribution is 2.37. The lowest BCUT2D eigenvalue weighted by Gasteiger charge is -2.24. The van der Waals surface area contributed by atoms with Crippen molar-refractivity contribution in [1.82, 2.24) is 4.98 Å². The number of hydrogen-bond acceptors (Lipinski definition) is 4. The van der Waals surface area contributed by atoms with E-state index in [-0.39, 0.29) is 11.2 Å². The molecule has 1 aromatic heterocycles. The van der Waals surface area contributed by atoms with Crippen molar-refractivity contribution < 1.29 is 4.79 Å². The van der Waals surface area contributed by atoms with Crippen molar-refractivity contribution in [3.05, 3.63) is 59.3 Å². The van der Waals surface area contributed by atoms with E-state index in [1.54, 1.807) is 23.9 Å². The van der Waals surface area contributed by atoms with Crippen molar-refractivity contribution in [2.24, 2.45) is 0 Å². The number of nitrogens with one attached hydrogen (secondary N) is 1. The maximum absolute atomic E-state index is 12.4. The van der Waals surface area contributed by atoms with Gasteiger partial charge < -0.3 is 5.32 Å². The van der Waals surface area contributed by atoms with Crippen LogP contribution in [0.2, 0.25) is 0 Å². The van der Waals surface area contributed by atoms with E-state index < -0.39 is 0 Å². The number of carbonyl (C=O) groups is 1. The number of amides is 1. The van der Waals surface area contributed by atoms with Gasteiger partial charge in [-0.05, 0) is 35.4 Å². The van der Waals surface area contributed by atoms with Crippen LogP contribution in [0, 0.1) is 11.3 Å². The van der Waals surface area contributed by atoms with Crippen LogP contribution in [0.25, 0.3) is 0 Å². The summed E-state index contributed by atoms with van der Waals surface area (Å²) in [5.74, 6) is 1.35. The van der Waals surface area contributed by atoms with Gasteiger partial charge in [-0.3, -0.25) is 4.79 Å². The molecule has 1 aliphatic rings. The lowest BCUT2D eigenvalue weighted by atomic mass is 10.0. The minimum Gasteiger partial charge on any atom is -0.309 e. The monoisotopic (exact) mass is 295 g/mol. The highest BCUT2D eigenvalue weighted by molar-refractivity contribution is 8.00. The number of benzene rings is 1. The molecule has 21 heavy (non-hydrogen) atoms. The highest BCUT2D eigenvalue weighted by atomic mass is 32.2. The first-order valence-corrected chi connectivity index (χ1v) is 7.69. The van der Waals surface area contributed by atoms with Crippen LogP contribution in [0.5, 0.6) is 0 Å². The fraction of sp³-hybridized carbons (Fsp3) is 0.188. The Morgan fingerprint density at radius 2 is 2.19 bits per heavy atom. The molecule has 1 amide bonds. The number of hydrogen-bond donors (Lipinski definition) is 1. The van der Waals surface area contributed by atoms with Gasteiger partial charge in [-0.1, -0.05) is 24.3 Å². The third kappa shape index (κ3) is 2.91. The SMILES string of the molecule is N#Cc1ccc(NC(=O)C2SCCc3ccccc32)nc1. The molecule has 0 saturated heterocycles. The van der Waals surface area contributed by atoms with Crippen molar-refractivity contribution in [1.29, 1.82) is 5.26 Å². The molecule has 0 radical (unpaired) electrons. The zero-order valence-corrected chi connectivity index (χ0v) is 12.1. The van der Waals surface area contributed by atoms with E-state index in [0.717, 1.165) is 17.7 Å². The molecule has 104 valence electrons. The Morgan fingerprint density at radius 1 is 1.33 bits per heavy atom. The summed E-state index contributed by atoms with van der Waals surface area (Å²) in [5.41, 5.74) is 2.80. The first kappa shape index (κ1) is 13.7. The van der Waals surface area contributed by atoms with Gasteiger partial charge in [0, 0.05) is 6.20 Å². The molecular formula is C16H13N3OS. The summed E-state index contributed by atoms with van der Waals surface area (Å²) in [5, 5.41) is 11.4. The predicted molar refractivity (Wildman–Crippen MR) is 82.9 cm³/mol. The number of nitrogens with zero attached hydrogens (tertiary/aromatic N) is 2. The Morgan fingerprint density at radius 3 is 2.95 bits per heavy atom. The third-order valence-corrected chi connectivity index (χ3v) is 4.62. The molecular weight excluding hydrogens is 282 g/mol. The second kappa shape index (κ2) is 5.98. The number of rotatable bonds is 2. The molecule has 1 atom stereocenters. The van der Waals surface area contributed by atoms with Crippen LogP contribution >= 0.6 is 11.8 Å². The molecule has 1 aliphatic heterocycles. The van der Waals surface area contributed by atoms with Gasteiger partial charge in [0.15, 0.2) is 0 Å². The largest absolute Gasteiger partial charge is 0.309 e. The number of aromatic nitrogens is 1. The first-order valence-electron chi connectivity index (χ1n) is 6.64. The van der Waals surface area contributed by atoms with Crippen molar-refractivity contribution in [3.63, 3.8) is 0 Å². The number of fused-ring (bicyclic) bond motifs is 1. The summed E-state index contributed by atoms with van der Waals surface area (Å²) in [6.07, 6.45) is 2.46. The topological polar surface area (TPSA) is 65.8 Å². The number of nitriles is 1. The summed E-state index contributed by atoms with van der Waals surface area (Å²) >= 11 is 1.65. The van der Waals surface area contributed by atoms with Crippen molar-refractivity contribution in [2.75, 3.05) is 11.1 Å². The van der Waals surface area contributed by atoms with Crippen LogP contribution < -0.4 is 5.32 Å². The molecule has 0 bridgehead atoms. The predicted octanol–water partition coefficient (Wildman–Crippen LogP) is 2.92. The quantitative estimate of drug-likeness (QED) is 0.925. The van der Waals surface area contributed by atoms with Gasteiger partial charge in [-0.25, -0.2) is 4.98 Å². The Kier molecular flexibility index (Phi) is 3.89. The van der Waals surface area contributed by atoms with Crippen LogP contribution in [0.1, 0.15) is 21.9 Å². The second-order valence-electron chi connectivity index (χ2n) is 4.73. The summed E-state index contributed by atoms with van der Waals surface area (Å²) in [4.78, 5) is 16.5. The van der Waals surface area contributed by atoms with E-state index in [9.17, 15) is 4.79 Å². The lowest BCUT2D eigenvalue weighted by molar-refractivity contribution is -0.115. The van der Waals surface area contributed by atoms with Gasteiger partial charge in [-0.2, -0.15) is 5.26 Å². The molecule has 0 saturated carbocycles. The van der Waals surface area contributed by atoms with E-state index in [2.05, 4.69) is 16.4 Å². The molecule has 0 fully saturated rings. The molecule has 0 spiro atoms. The standard InChI is InChI=1S/C16H13N3OS/c17-9-11-5-6-14(18-10-11)19-16(20)15-13-4-2-1-3-12(13)7-8-21-15/h1-6,10,15H,7-8H2,(H,18,19,20). The molecule has 5 heteroatoms. The maximum Gasteiger partial charge on any atom is 0.243 e. The number of pyridine rings is 1. The van der Waals surface area contributed by atoms with Crippen LogP contribution in [-0.4, -0.2) is 16.6 Å². The van der Waals surface area contributed by atoms with Gasteiger partial charge in [0.05, 0.1) is 5.56 Å². The van der Waals surface area contributed by atoms with Gasteiger partial charge in [0.1, 0.15) is 17.1 Å². The van der Waals surface area contributed by atoms with Crippen LogP contribution in [-0.2, 0) is 11.2 Å². The molecule has 1 N–H and O–H groups in total. The Hall–Kier alpha value is -2.32. The Bertz CT molecular complexity index is 706. The minimum atomic E-state index is -0.201. The smallest absolute Gasteiger partial charge is 0.243 e. The molecule has 4 nitrogen and oxygen atoms in total. The summed E-state index contributed by atoms with van der Waals surface area (Å²) in [6, 6.07) is 13.4. The van der Waals surface area contributed by atoms with Gasteiger partial charge >= 0.3 is 0 Å². The molecule has 0 aliphatic carbocycles. The lowest BCUT2D eigenvalue weighted by Crippen LogP contribution is -2.23. The number of anilines is 1. The Balaban J connectivity index is 1.78. The van der Waals surface area contributed by atoms with Gasteiger partial charge in [-0.15, -0.1) is 11.8 Å². The average Bonchev–Trinajstić information content (AvgIpc) is 2.55. The fourth-order valence-corrected chi connectivity index (χ4v) is 3.53. The zero-order chi connectivity index (χ0) is 14.7. The third-order valence-electron chi connectivity index (χ3n) is 3.38. The number of carbonyl (C=O) groups excluding carboxylic acids is 1. The summed E-state index contributed by atoms with van der Waals surface area (Å²) in [7, 11) is 0. The van der Waals surface area contributed by atoms with Crippen molar-refractivity contribution in [3.8, 4) is 6.07 Å². The zero-order valence-electron chi connectivity index (χ0n) is 11.2. The van der Waals surface area contributed by atoms with Crippen molar-refractivity contribution >= 4 is 23.5 Å². The average molecular weight is 295 g/mol. The molecule has 2 aromatic rings. The first-order chi connectivity index (χ1) is 10.3. The van der Waals surface area contributed by atoms with Crippen LogP contribution in [0.15, 0.2) is 42.6 Å². The summed E-state index contributed by atoms with van der Waals surface area (Å²) in [6.45, 7) is 0. The van der Waals surface area contributed by atoms with E-state index in [1.807, 2.05) is 24.3 Å². The minimum absolute atomic E-state index is 0.0654. The fourth-order valence-electron chi connectivity index (χ4n) is 2.34. The number of thioether (sulfide) groups is 1. The van der Waals surface area contributed by atoms with E-state index in [1.165, 1.54) is 11.8 Å². The molecule has 3 rings (SSSR count).